The van der Waals surface area contributed by atoms with E-state index in [9.17, 15) is 0 Å². The van der Waals surface area contributed by atoms with E-state index >= 15 is 0 Å². The van der Waals surface area contributed by atoms with Crippen LogP contribution in [0.2, 0.25) is 0 Å². The maximum Gasteiger partial charge on any atom is 0.00954 e. The molecule has 0 amide bonds. The van der Waals surface area contributed by atoms with E-state index in [0.29, 0.717) is 5.41 Å². The molecule has 0 spiro atoms. The normalized spacial score (nSPS) is 25.8. The number of likely N-dealkylation sites (tertiary alicyclic amines) is 1. The number of nitrogens with zero attached hydrogens (tertiary/aromatic N) is 1. The van der Waals surface area contributed by atoms with E-state index in [-0.39, 0.29) is 0 Å². The predicted octanol–water partition coefficient (Wildman–Crippen LogP) is 3.41. The highest BCUT2D eigenvalue weighted by atomic mass is 15.2. The van der Waals surface area contributed by atoms with Crippen molar-refractivity contribution >= 4 is 0 Å². The first kappa shape index (κ1) is 15.0. The first-order valence-electron chi connectivity index (χ1n) is 7.59. The third-order valence-electron chi connectivity index (χ3n) is 4.30. The van der Waals surface area contributed by atoms with Crippen molar-refractivity contribution in [3.63, 3.8) is 0 Å². The molecule has 2 heteroatoms. The van der Waals surface area contributed by atoms with Gasteiger partial charge in [0.25, 0.3) is 0 Å². The lowest BCUT2D eigenvalue weighted by molar-refractivity contribution is 0.0813. The highest BCUT2D eigenvalue weighted by molar-refractivity contribution is 4.84. The molecule has 1 saturated heterocycles. The smallest absolute Gasteiger partial charge is 0.00954 e. The lowest BCUT2D eigenvalue weighted by atomic mass is 9.83. The van der Waals surface area contributed by atoms with Crippen LogP contribution >= 0.6 is 0 Å². The van der Waals surface area contributed by atoms with Crippen molar-refractivity contribution in [2.24, 2.45) is 11.1 Å². The molecule has 1 rings (SSSR count). The molecule has 1 fully saturated rings. The van der Waals surface area contributed by atoms with Crippen LogP contribution in [0, 0.1) is 5.41 Å². The molecule has 1 aliphatic heterocycles. The van der Waals surface area contributed by atoms with Gasteiger partial charge in [0.05, 0.1) is 0 Å². The standard InChI is InChI=1S/C15H32N2/c1-4-8-14-9-6-7-11-17(14)13-15(3,12-16)10-5-2/h14H,4-13,16H2,1-3H3. The van der Waals surface area contributed by atoms with E-state index < -0.39 is 0 Å². The second-order valence-corrected chi connectivity index (χ2v) is 6.17. The zero-order valence-electron chi connectivity index (χ0n) is 12.2. The fourth-order valence-corrected chi connectivity index (χ4v) is 3.27. The van der Waals surface area contributed by atoms with Gasteiger partial charge in [0, 0.05) is 12.6 Å². The Morgan fingerprint density at radius 1 is 1.24 bits per heavy atom. The molecule has 0 radical (unpaired) electrons. The molecule has 17 heavy (non-hydrogen) atoms. The van der Waals surface area contributed by atoms with Gasteiger partial charge in [-0.3, -0.25) is 4.90 Å². The Bertz CT molecular complexity index is 203. The largest absolute Gasteiger partial charge is 0.330 e. The van der Waals surface area contributed by atoms with E-state index in [2.05, 4.69) is 25.7 Å². The molecule has 2 N–H and O–H groups in total. The zero-order chi connectivity index (χ0) is 12.7. The Labute approximate surface area is 108 Å². The van der Waals surface area contributed by atoms with Gasteiger partial charge < -0.3 is 5.73 Å². The molecule has 0 bridgehead atoms. The highest BCUT2D eigenvalue weighted by Gasteiger charge is 2.29. The first-order valence-corrected chi connectivity index (χ1v) is 7.59. The summed E-state index contributed by atoms with van der Waals surface area (Å²) in [6.07, 6.45) is 9.40. The maximum atomic E-state index is 6.00. The van der Waals surface area contributed by atoms with Crippen LogP contribution in [0.15, 0.2) is 0 Å². The van der Waals surface area contributed by atoms with Crippen molar-refractivity contribution < 1.29 is 0 Å². The molecule has 0 aromatic heterocycles. The van der Waals surface area contributed by atoms with E-state index in [1.165, 1.54) is 58.0 Å². The van der Waals surface area contributed by atoms with Crippen molar-refractivity contribution in [2.45, 2.75) is 71.8 Å². The minimum Gasteiger partial charge on any atom is -0.330 e. The molecule has 0 aliphatic carbocycles. The number of hydrogen-bond acceptors (Lipinski definition) is 2. The molecule has 0 aromatic carbocycles. The van der Waals surface area contributed by atoms with Crippen LogP contribution in [-0.4, -0.2) is 30.6 Å². The van der Waals surface area contributed by atoms with Crippen LogP contribution < -0.4 is 5.73 Å². The van der Waals surface area contributed by atoms with Gasteiger partial charge in [0.1, 0.15) is 0 Å². The van der Waals surface area contributed by atoms with Crippen molar-refractivity contribution in [3.05, 3.63) is 0 Å². The van der Waals surface area contributed by atoms with Gasteiger partial charge in [-0.25, -0.2) is 0 Å². The topological polar surface area (TPSA) is 29.3 Å². The summed E-state index contributed by atoms with van der Waals surface area (Å²) in [6.45, 7) is 10.3. The second-order valence-electron chi connectivity index (χ2n) is 6.17. The van der Waals surface area contributed by atoms with Gasteiger partial charge in [-0.05, 0) is 44.2 Å². The lowest BCUT2D eigenvalue weighted by Crippen LogP contribution is -2.47. The SMILES string of the molecule is CCCC1CCCCN1CC(C)(CN)CCC. The Hall–Kier alpha value is -0.0800. The van der Waals surface area contributed by atoms with Gasteiger partial charge in [-0.15, -0.1) is 0 Å². The Morgan fingerprint density at radius 3 is 2.59 bits per heavy atom. The van der Waals surface area contributed by atoms with Crippen LogP contribution in [0.1, 0.15) is 65.7 Å². The second kappa shape index (κ2) is 7.38. The molecule has 2 atom stereocenters. The minimum absolute atomic E-state index is 0.331. The third-order valence-corrected chi connectivity index (χ3v) is 4.30. The highest BCUT2D eigenvalue weighted by Crippen LogP contribution is 2.28. The van der Waals surface area contributed by atoms with Gasteiger partial charge >= 0.3 is 0 Å². The molecular weight excluding hydrogens is 208 g/mol. The van der Waals surface area contributed by atoms with Gasteiger partial charge in [-0.1, -0.05) is 40.0 Å². The van der Waals surface area contributed by atoms with Crippen molar-refractivity contribution in [2.75, 3.05) is 19.6 Å². The Balaban J connectivity index is 2.55. The van der Waals surface area contributed by atoms with Crippen LogP contribution in [0.3, 0.4) is 0 Å². The van der Waals surface area contributed by atoms with Crippen LogP contribution in [0.4, 0.5) is 0 Å². The monoisotopic (exact) mass is 240 g/mol. The van der Waals surface area contributed by atoms with Gasteiger partial charge in [-0.2, -0.15) is 0 Å². The molecule has 1 heterocycles. The van der Waals surface area contributed by atoms with E-state index in [4.69, 9.17) is 5.73 Å². The van der Waals surface area contributed by atoms with E-state index in [1.54, 1.807) is 0 Å². The predicted molar refractivity (Wildman–Crippen MR) is 76.2 cm³/mol. The van der Waals surface area contributed by atoms with E-state index in [0.717, 1.165) is 12.6 Å². The fraction of sp³-hybridized carbons (Fsp3) is 1.00. The molecule has 0 aromatic rings. The average Bonchev–Trinajstić information content (AvgIpc) is 2.32. The number of piperidine rings is 1. The summed E-state index contributed by atoms with van der Waals surface area (Å²) in [5.41, 5.74) is 6.33. The number of rotatable bonds is 7. The quantitative estimate of drug-likeness (QED) is 0.739. The zero-order valence-corrected chi connectivity index (χ0v) is 12.2. The molecule has 102 valence electrons. The molecular formula is C15H32N2. The summed E-state index contributed by atoms with van der Waals surface area (Å²) in [6, 6.07) is 0.830. The summed E-state index contributed by atoms with van der Waals surface area (Å²) >= 11 is 0. The maximum absolute atomic E-state index is 6.00. The average molecular weight is 240 g/mol. The van der Waals surface area contributed by atoms with Crippen LogP contribution in [-0.2, 0) is 0 Å². The number of nitrogens with two attached hydrogens (primary N) is 1. The van der Waals surface area contributed by atoms with Crippen LogP contribution in [0.5, 0.6) is 0 Å². The fourth-order valence-electron chi connectivity index (χ4n) is 3.27. The summed E-state index contributed by atoms with van der Waals surface area (Å²) in [7, 11) is 0. The van der Waals surface area contributed by atoms with Gasteiger partial charge in [0.15, 0.2) is 0 Å². The van der Waals surface area contributed by atoms with Crippen LogP contribution in [0.25, 0.3) is 0 Å². The third kappa shape index (κ3) is 4.59. The Kier molecular flexibility index (Phi) is 6.50. The molecule has 2 unspecified atom stereocenters. The van der Waals surface area contributed by atoms with Crippen molar-refractivity contribution in [1.29, 1.82) is 0 Å². The minimum atomic E-state index is 0.331. The summed E-state index contributed by atoms with van der Waals surface area (Å²) in [4.78, 5) is 2.73. The first-order chi connectivity index (χ1) is 8.15. The number of hydrogen-bond donors (Lipinski definition) is 1. The van der Waals surface area contributed by atoms with Crippen molar-refractivity contribution in [3.8, 4) is 0 Å². The molecule has 2 nitrogen and oxygen atoms in total. The van der Waals surface area contributed by atoms with Crippen molar-refractivity contribution in [1.82, 2.24) is 4.90 Å². The summed E-state index contributed by atoms with van der Waals surface area (Å²) in [5, 5.41) is 0. The molecule has 1 aliphatic rings. The lowest BCUT2D eigenvalue weighted by Gasteiger charge is -2.41. The van der Waals surface area contributed by atoms with E-state index in [1.807, 2.05) is 0 Å². The summed E-state index contributed by atoms with van der Waals surface area (Å²) < 4.78 is 0. The Morgan fingerprint density at radius 2 is 2.00 bits per heavy atom. The molecule has 0 saturated carbocycles. The van der Waals surface area contributed by atoms with Gasteiger partial charge in [0.2, 0.25) is 0 Å². The summed E-state index contributed by atoms with van der Waals surface area (Å²) in [5.74, 6) is 0.